The normalized spacial score (nSPS) is 12.3. The number of halogens is 1. The van der Waals surface area contributed by atoms with Gasteiger partial charge < -0.3 is 5.73 Å². The SMILES string of the molecule is C[C@@H](c1ccc(-c2ccccc2)c(F)c1)c1cc(N)n[nH]1. The molecule has 2 aromatic carbocycles. The van der Waals surface area contributed by atoms with Crippen LogP contribution in [-0.2, 0) is 0 Å². The van der Waals surface area contributed by atoms with Gasteiger partial charge in [0.1, 0.15) is 11.6 Å². The largest absolute Gasteiger partial charge is 0.382 e. The standard InChI is InChI=1S/C17H16FN3/c1-11(16-10-17(19)21-20-16)13-7-8-14(15(18)9-13)12-5-3-2-4-6-12/h2-11H,1H3,(H3,19,20,21)/t11-/m0/s1. The van der Waals surface area contributed by atoms with Crippen molar-refractivity contribution in [1.29, 1.82) is 0 Å². The van der Waals surface area contributed by atoms with Crippen LogP contribution >= 0.6 is 0 Å². The summed E-state index contributed by atoms with van der Waals surface area (Å²) in [5.74, 6) is 0.227. The number of hydrogen-bond acceptors (Lipinski definition) is 2. The first-order valence-electron chi connectivity index (χ1n) is 6.81. The van der Waals surface area contributed by atoms with E-state index in [1.54, 1.807) is 12.1 Å². The van der Waals surface area contributed by atoms with Gasteiger partial charge in [-0.1, -0.05) is 49.4 Å². The highest BCUT2D eigenvalue weighted by Gasteiger charge is 2.14. The first-order valence-corrected chi connectivity index (χ1v) is 6.81. The third kappa shape index (κ3) is 2.65. The number of nitrogens with one attached hydrogen (secondary N) is 1. The van der Waals surface area contributed by atoms with E-state index in [2.05, 4.69) is 10.2 Å². The van der Waals surface area contributed by atoms with Crippen molar-refractivity contribution in [2.45, 2.75) is 12.8 Å². The fraction of sp³-hybridized carbons (Fsp3) is 0.118. The van der Waals surface area contributed by atoms with Crippen molar-refractivity contribution in [2.24, 2.45) is 0 Å². The highest BCUT2D eigenvalue weighted by Crippen LogP contribution is 2.29. The number of aromatic nitrogens is 2. The highest BCUT2D eigenvalue weighted by atomic mass is 19.1. The van der Waals surface area contributed by atoms with E-state index in [1.165, 1.54) is 0 Å². The average molecular weight is 281 g/mol. The lowest BCUT2D eigenvalue weighted by molar-refractivity contribution is 0.627. The van der Waals surface area contributed by atoms with E-state index in [1.807, 2.05) is 49.4 Å². The van der Waals surface area contributed by atoms with Crippen molar-refractivity contribution in [2.75, 3.05) is 5.73 Å². The van der Waals surface area contributed by atoms with Crippen LogP contribution in [0.5, 0.6) is 0 Å². The third-order valence-corrected chi connectivity index (χ3v) is 3.66. The zero-order valence-electron chi connectivity index (χ0n) is 11.7. The summed E-state index contributed by atoms with van der Waals surface area (Å²) in [5.41, 5.74) is 8.85. The van der Waals surface area contributed by atoms with Gasteiger partial charge in [0.05, 0.1) is 0 Å². The first-order chi connectivity index (χ1) is 10.1. The van der Waals surface area contributed by atoms with E-state index in [9.17, 15) is 4.39 Å². The van der Waals surface area contributed by atoms with Crippen LogP contribution in [0.2, 0.25) is 0 Å². The Bertz CT molecular complexity index is 750. The number of anilines is 1. The van der Waals surface area contributed by atoms with Gasteiger partial charge in [0.25, 0.3) is 0 Å². The molecule has 0 unspecified atom stereocenters. The van der Waals surface area contributed by atoms with Gasteiger partial charge in [-0.2, -0.15) is 5.10 Å². The first kappa shape index (κ1) is 13.4. The Morgan fingerprint density at radius 3 is 2.48 bits per heavy atom. The molecule has 3 N–H and O–H groups in total. The van der Waals surface area contributed by atoms with Crippen molar-refractivity contribution in [3.05, 3.63) is 71.7 Å². The molecule has 0 spiro atoms. The van der Waals surface area contributed by atoms with Crippen molar-refractivity contribution in [1.82, 2.24) is 10.2 Å². The summed E-state index contributed by atoms with van der Waals surface area (Å²) in [4.78, 5) is 0. The predicted molar refractivity (Wildman–Crippen MR) is 82.4 cm³/mol. The van der Waals surface area contributed by atoms with E-state index in [4.69, 9.17) is 5.73 Å². The van der Waals surface area contributed by atoms with Crippen molar-refractivity contribution < 1.29 is 4.39 Å². The molecule has 3 rings (SSSR count). The average Bonchev–Trinajstić information content (AvgIpc) is 2.94. The van der Waals surface area contributed by atoms with Crippen LogP contribution in [0.1, 0.15) is 24.1 Å². The number of hydrogen-bond donors (Lipinski definition) is 2. The monoisotopic (exact) mass is 281 g/mol. The summed E-state index contributed by atoms with van der Waals surface area (Å²) in [6.45, 7) is 1.99. The Morgan fingerprint density at radius 1 is 1.10 bits per heavy atom. The summed E-state index contributed by atoms with van der Waals surface area (Å²) in [6.07, 6.45) is 0. The quantitative estimate of drug-likeness (QED) is 0.763. The fourth-order valence-electron chi connectivity index (χ4n) is 2.41. The van der Waals surface area contributed by atoms with Gasteiger partial charge in [-0.25, -0.2) is 4.39 Å². The maximum absolute atomic E-state index is 14.4. The molecule has 0 saturated heterocycles. The number of rotatable bonds is 3. The van der Waals surface area contributed by atoms with Crippen LogP contribution in [-0.4, -0.2) is 10.2 Å². The number of nitrogen functional groups attached to an aromatic ring is 1. The minimum atomic E-state index is -0.224. The van der Waals surface area contributed by atoms with E-state index < -0.39 is 0 Å². The lowest BCUT2D eigenvalue weighted by Crippen LogP contribution is -1.98. The summed E-state index contributed by atoms with van der Waals surface area (Å²) in [7, 11) is 0. The maximum atomic E-state index is 14.4. The maximum Gasteiger partial charge on any atom is 0.145 e. The highest BCUT2D eigenvalue weighted by molar-refractivity contribution is 5.64. The molecular weight excluding hydrogens is 265 g/mol. The molecule has 0 aliphatic heterocycles. The molecule has 0 aliphatic carbocycles. The second-order valence-electron chi connectivity index (χ2n) is 5.08. The fourth-order valence-corrected chi connectivity index (χ4v) is 2.41. The second kappa shape index (κ2) is 5.40. The van der Waals surface area contributed by atoms with Gasteiger partial charge in [-0.05, 0) is 17.2 Å². The zero-order chi connectivity index (χ0) is 14.8. The van der Waals surface area contributed by atoms with Crippen LogP contribution in [0.3, 0.4) is 0 Å². The zero-order valence-corrected chi connectivity index (χ0v) is 11.7. The molecule has 0 amide bonds. The number of H-pyrrole nitrogens is 1. The summed E-state index contributed by atoms with van der Waals surface area (Å²) in [6, 6.07) is 16.6. The molecule has 0 fully saturated rings. The van der Waals surface area contributed by atoms with Crippen LogP contribution in [0.15, 0.2) is 54.6 Å². The van der Waals surface area contributed by atoms with Crippen molar-refractivity contribution in [3.63, 3.8) is 0 Å². The van der Waals surface area contributed by atoms with Crippen molar-refractivity contribution in [3.8, 4) is 11.1 Å². The van der Waals surface area contributed by atoms with Crippen LogP contribution < -0.4 is 5.73 Å². The van der Waals surface area contributed by atoms with Crippen molar-refractivity contribution >= 4 is 5.82 Å². The summed E-state index contributed by atoms with van der Waals surface area (Å²) in [5, 5.41) is 6.78. The topological polar surface area (TPSA) is 54.7 Å². The predicted octanol–water partition coefficient (Wildman–Crippen LogP) is 3.95. The van der Waals surface area contributed by atoms with Gasteiger partial charge in [-0.3, -0.25) is 5.10 Å². The van der Waals surface area contributed by atoms with Gasteiger partial charge in [0.15, 0.2) is 0 Å². The minimum absolute atomic E-state index is 0.00845. The molecule has 0 bridgehead atoms. The lowest BCUT2D eigenvalue weighted by atomic mass is 9.95. The Morgan fingerprint density at radius 2 is 1.86 bits per heavy atom. The Labute approximate surface area is 122 Å². The molecule has 106 valence electrons. The molecule has 1 atom stereocenters. The van der Waals surface area contributed by atoms with Crippen LogP contribution in [0, 0.1) is 5.82 Å². The number of nitrogens with zero attached hydrogens (tertiary/aromatic N) is 1. The minimum Gasteiger partial charge on any atom is -0.382 e. The molecule has 0 radical (unpaired) electrons. The molecular formula is C17H16FN3. The lowest BCUT2D eigenvalue weighted by Gasteiger charge is -2.12. The number of nitrogens with two attached hydrogens (primary N) is 1. The smallest absolute Gasteiger partial charge is 0.145 e. The van der Waals surface area contributed by atoms with E-state index >= 15 is 0 Å². The molecule has 3 nitrogen and oxygen atoms in total. The summed E-state index contributed by atoms with van der Waals surface area (Å²) >= 11 is 0. The van der Waals surface area contributed by atoms with Gasteiger partial charge in [0, 0.05) is 23.2 Å². The second-order valence-corrected chi connectivity index (χ2v) is 5.08. The Kier molecular flexibility index (Phi) is 3.44. The molecule has 3 aromatic rings. The molecule has 21 heavy (non-hydrogen) atoms. The molecule has 0 saturated carbocycles. The number of aromatic amines is 1. The van der Waals surface area contributed by atoms with E-state index in [0.717, 1.165) is 16.8 Å². The van der Waals surface area contributed by atoms with Gasteiger partial charge in [0.2, 0.25) is 0 Å². The number of benzene rings is 2. The van der Waals surface area contributed by atoms with Crippen LogP contribution in [0.4, 0.5) is 10.2 Å². The molecule has 1 aromatic heterocycles. The molecule has 0 aliphatic rings. The Balaban J connectivity index is 1.94. The van der Waals surface area contributed by atoms with E-state index in [0.29, 0.717) is 11.4 Å². The van der Waals surface area contributed by atoms with Crippen LogP contribution in [0.25, 0.3) is 11.1 Å². The van der Waals surface area contributed by atoms with Gasteiger partial charge in [-0.15, -0.1) is 0 Å². The molecule has 4 heteroatoms. The van der Waals surface area contributed by atoms with E-state index in [-0.39, 0.29) is 11.7 Å². The third-order valence-electron chi connectivity index (χ3n) is 3.66. The Hall–Kier alpha value is -2.62. The summed E-state index contributed by atoms with van der Waals surface area (Å²) < 4.78 is 14.4. The van der Waals surface area contributed by atoms with Gasteiger partial charge >= 0.3 is 0 Å². The molecule has 1 heterocycles.